The van der Waals surface area contributed by atoms with E-state index in [1.165, 1.54) is 24.1 Å². The van der Waals surface area contributed by atoms with Crippen LogP contribution in [0.1, 0.15) is 31.4 Å². The summed E-state index contributed by atoms with van der Waals surface area (Å²) >= 11 is 3.51. The molecule has 0 saturated heterocycles. The number of sulfonamides is 1. The number of benzene rings is 4. The Hall–Kier alpha value is -4.15. The van der Waals surface area contributed by atoms with Crippen LogP contribution in [-0.4, -0.2) is 50.9 Å². The maximum atomic E-state index is 14.5. The molecular weight excluding hydrogens is 654 g/mol. The fourth-order valence-corrected chi connectivity index (χ4v) is 6.71. The van der Waals surface area contributed by atoms with Crippen molar-refractivity contribution in [2.45, 2.75) is 50.2 Å². The number of rotatable bonds is 14. The molecule has 0 spiro atoms. The van der Waals surface area contributed by atoms with Crippen molar-refractivity contribution < 1.29 is 22.7 Å². The van der Waals surface area contributed by atoms with Gasteiger partial charge in [-0.15, -0.1) is 0 Å². The molecule has 4 aromatic carbocycles. The molecule has 0 aliphatic carbocycles. The van der Waals surface area contributed by atoms with Gasteiger partial charge in [0.2, 0.25) is 11.8 Å². The number of carbonyl (C=O) groups is 2. The molecule has 2 amide bonds. The Balaban J connectivity index is 1.81. The molecule has 236 valence electrons. The van der Waals surface area contributed by atoms with Crippen LogP contribution in [0.15, 0.2) is 119 Å². The van der Waals surface area contributed by atoms with Gasteiger partial charge in [-0.05, 0) is 60.9 Å². The SMILES string of the molecule is CC[C@@H](C)NC(=O)[C@H](Cc1ccccc1)N(Cc1cccc(Br)c1)C(=O)CN(c1cccc(OC)c1)S(=O)(=O)c1ccccc1. The van der Waals surface area contributed by atoms with Crippen LogP contribution in [-0.2, 0) is 32.6 Å². The van der Waals surface area contributed by atoms with Crippen molar-refractivity contribution in [1.82, 2.24) is 10.2 Å². The average molecular weight is 693 g/mol. The topological polar surface area (TPSA) is 96.0 Å². The number of anilines is 1. The van der Waals surface area contributed by atoms with Crippen molar-refractivity contribution in [3.05, 3.63) is 125 Å². The number of ether oxygens (including phenoxy) is 1. The quantitative estimate of drug-likeness (QED) is 0.170. The molecule has 0 bridgehead atoms. The van der Waals surface area contributed by atoms with E-state index in [0.717, 1.165) is 19.9 Å². The molecule has 0 fully saturated rings. The lowest BCUT2D eigenvalue weighted by atomic mass is 10.0. The first-order valence-electron chi connectivity index (χ1n) is 14.7. The normalized spacial score (nSPS) is 12.5. The highest BCUT2D eigenvalue weighted by atomic mass is 79.9. The monoisotopic (exact) mass is 691 g/mol. The summed E-state index contributed by atoms with van der Waals surface area (Å²) in [6, 6.07) is 30.5. The van der Waals surface area contributed by atoms with Gasteiger partial charge in [0.15, 0.2) is 0 Å². The number of hydrogen-bond donors (Lipinski definition) is 1. The van der Waals surface area contributed by atoms with Crippen molar-refractivity contribution in [2.24, 2.45) is 0 Å². The minimum Gasteiger partial charge on any atom is -0.497 e. The van der Waals surface area contributed by atoms with Crippen LogP contribution >= 0.6 is 15.9 Å². The fraction of sp³-hybridized carbons (Fsp3) is 0.257. The van der Waals surface area contributed by atoms with E-state index in [1.54, 1.807) is 42.5 Å². The third-order valence-electron chi connectivity index (χ3n) is 7.47. The standard InChI is InChI=1S/C35H38BrN3O5S/c1-4-26(2)37-35(41)33(22-27-13-7-5-8-14-27)38(24-28-15-11-16-29(36)21-28)34(40)25-39(30-17-12-18-31(23-30)44-3)45(42,43)32-19-9-6-10-20-32/h5-21,23,26,33H,4,22,24-25H2,1-3H3,(H,37,41)/t26-,33+/m1/s1. The van der Waals surface area contributed by atoms with Gasteiger partial charge in [0.1, 0.15) is 18.3 Å². The average Bonchev–Trinajstić information content (AvgIpc) is 3.05. The summed E-state index contributed by atoms with van der Waals surface area (Å²) in [6.45, 7) is 3.43. The van der Waals surface area contributed by atoms with Crippen LogP contribution < -0.4 is 14.4 Å². The first kappa shape index (κ1) is 33.7. The third-order valence-corrected chi connectivity index (χ3v) is 9.75. The maximum Gasteiger partial charge on any atom is 0.264 e. The summed E-state index contributed by atoms with van der Waals surface area (Å²) < 4.78 is 35.5. The lowest BCUT2D eigenvalue weighted by molar-refractivity contribution is -0.140. The van der Waals surface area contributed by atoms with Crippen LogP contribution in [0.3, 0.4) is 0 Å². The van der Waals surface area contributed by atoms with Crippen LogP contribution in [0.2, 0.25) is 0 Å². The largest absolute Gasteiger partial charge is 0.497 e. The first-order chi connectivity index (χ1) is 21.6. The highest BCUT2D eigenvalue weighted by Crippen LogP contribution is 2.28. The van der Waals surface area contributed by atoms with Crippen molar-refractivity contribution in [3.63, 3.8) is 0 Å². The molecule has 8 nitrogen and oxygen atoms in total. The van der Waals surface area contributed by atoms with Crippen LogP contribution in [0, 0.1) is 0 Å². The smallest absolute Gasteiger partial charge is 0.264 e. The first-order valence-corrected chi connectivity index (χ1v) is 17.0. The summed E-state index contributed by atoms with van der Waals surface area (Å²) in [4.78, 5) is 30.0. The number of nitrogens with one attached hydrogen (secondary N) is 1. The second-order valence-electron chi connectivity index (χ2n) is 10.7. The minimum absolute atomic E-state index is 0.0366. The molecule has 1 N–H and O–H groups in total. The fourth-order valence-electron chi connectivity index (χ4n) is 4.84. The molecule has 4 rings (SSSR count). The molecule has 0 aliphatic rings. The lowest BCUT2D eigenvalue weighted by Crippen LogP contribution is -2.54. The summed E-state index contributed by atoms with van der Waals surface area (Å²) in [5, 5.41) is 3.05. The van der Waals surface area contributed by atoms with Gasteiger partial charge < -0.3 is 15.0 Å². The van der Waals surface area contributed by atoms with E-state index >= 15 is 0 Å². The van der Waals surface area contributed by atoms with Gasteiger partial charge in [-0.2, -0.15) is 0 Å². The van der Waals surface area contributed by atoms with Crippen molar-refractivity contribution >= 4 is 43.5 Å². The van der Waals surface area contributed by atoms with Gasteiger partial charge in [-0.3, -0.25) is 13.9 Å². The van der Waals surface area contributed by atoms with E-state index in [0.29, 0.717) is 12.2 Å². The molecule has 2 atom stereocenters. The Kier molecular flexibility index (Phi) is 11.8. The number of carbonyl (C=O) groups excluding carboxylic acids is 2. The molecule has 4 aromatic rings. The Morgan fingerprint density at radius 3 is 2.16 bits per heavy atom. The van der Waals surface area contributed by atoms with E-state index < -0.39 is 28.5 Å². The highest BCUT2D eigenvalue weighted by molar-refractivity contribution is 9.10. The van der Waals surface area contributed by atoms with Gasteiger partial charge >= 0.3 is 0 Å². The number of hydrogen-bond acceptors (Lipinski definition) is 5. The van der Waals surface area contributed by atoms with Crippen LogP contribution in [0.5, 0.6) is 5.75 Å². The second kappa shape index (κ2) is 15.7. The highest BCUT2D eigenvalue weighted by Gasteiger charge is 2.35. The second-order valence-corrected chi connectivity index (χ2v) is 13.5. The van der Waals surface area contributed by atoms with E-state index in [1.807, 2.05) is 68.4 Å². The molecule has 10 heteroatoms. The van der Waals surface area contributed by atoms with Crippen molar-refractivity contribution in [2.75, 3.05) is 18.0 Å². The van der Waals surface area contributed by atoms with Gasteiger partial charge in [-0.25, -0.2) is 8.42 Å². The van der Waals surface area contributed by atoms with Crippen molar-refractivity contribution in [1.29, 1.82) is 0 Å². The molecule has 45 heavy (non-hydrogen) atoms. The van der Waals surface area contributed by atoms with Crippen LogP contribution in [0.4, 0.5) is 5.69 Å². The molecule has 0 aliphatic heterocycles. The van der Waals surface area contributed by atoms with E-state index in [-0.39, 0.29) is 35.5 Å². The number of amides is 2. The predicted molar refractivity (Wildman–Crippen MR) is 180 cm³/mol. The van der Waals surface area contributed by atoms with E-state index in [9.17, 15) is 18.0 Å². The summed E-state index contributed by atoms with van der Waals surface area (Å²) in [6.07, 6.45) is 0.954. The number of nitrogens with zero attached hydrogens (tertiary/aromatic N) is 2. The third kappa shape index (κ3) is 8.95. The van der Waals surface area contributed by atoms with Gasteiger partial charge in [-0.1, -0.05) is 89.6 Å². The predicted octanol–water partition coefficient (Wildman–Crippen LogP) is 6.21. The van der Waals surface area contributed by atoms with Crippen LogP contribution in [0.25, 0.3) is 0 Å². The molecule has 0 aromatic heterocycles. The summed E-state index contributed by atoms with van der Waals surface area (Å²) in [5.74, 6) is -0.401. The number of methoxy groups -OCH3 is 1. The van der Waals surface area contributed by atoms with Crippen molar-refractivity contribution in [3.8, 4) is 5.75 Å². The maximum absolute atomic E-state index is 14.5. The Morgan fingerprint density at radius 2 is 1.51 bits per heavy atom. The van der Waals surface area contributed by atoms with Gasteiger partial charge in [0, 0.05) is 29.5 Å². The molecule has 0 heterocycles. The van der Waals surface area contributed by atoms with Gasteiger partial charge in [0.05, 0.1) is 17.7 Å². The molecule has 0 saturated carbocycles. The molecule has 0 unspecified atom stereocenters. The summed E-state index contributed by atoms with van der Waals surface area (Å²) in [5.41, 5.74) is 1.92. The minimum atomic E-state index is -4.19. The zero-order valence-corrected chi connectivity index (χ0v) is 28.0. The molecular formula is C35H38BrN3O5S. The Morgan fingerprint density at radius 1 is 0.867 bits per heavy atom. The van der Waals surface area contributed by atoms with E-state index in [4.69, 9.17) is 4.74 Å². The van der Waals surface area contributed by atoms with E-state index in [2.05, 4.69) is 21.2 Å². The lowest BCUT2D eigenvalue weighted by Gasteiger charge is -2.34. The Bertz CT molecular complexity index is 1690. The molecule has 0 radical (unpaired) electrons. The zero-order chi connectivity index (χ0) is 32.4. The number of halogens is 1. The van der Waals surface area contributed by atoms with Gasteiger partial charge in [0.25, 0.3) is 10.0 Å². The zero-order valence-electron chi connectivity index (χ0n) is 25.6. The Labute approximate surface area is 274 Å². The summed E-state index contributed by atoms with van der Waals surface area (Å²) in [7, 11) is -2.70.